The van der Waals surface area contributed by atoms with E-state index in [1.807, 2.05) is 23.0 Å². The molecule has 21 heavy (non-hydrogen) atoms. The lowest BCUT2D eigenvalue weighted by molar-refractivity contribution is 0.414. The van der Waals surface area contributed by atoms with E-state index in [0.29, 0.717) is 5.92 Å². The van der Waals surface area contributed by atoms with Crippen LogP contribution in [0, 0.1) is 0 Å². The van der Waals surface area contributed by atoms with Crippen molar-refractivity contribution in [3.8, 4) is 0 Å². The van der Waals surface area contributed by atoms with Crippen LogP contribution >= 0.6 is 22.7 Å². The summed E-state index contributed by atoms with van der Waals surface area (Å²) in [5.41, 5.74) is 3.43. The zero-order valence-corrected chi connectivity index (χ0v) is 14.3. The SMILES string of the molecule is C[C@H](c1cncs1)c1c(CCN(C)C)sc2ccccc12. The van der Waals surface area contributed by atoms with E-state index in [1.165, 1.54) is 25.4 Å². The van der Waals surface area contributed by atoms with Crippen LogP contribution in [0.4, 0.5) is 0 Å². The molecule has 2 aromatic heterocycles. The first kappa shape index (κ1) is 14.7. The second kappa shape index (κ2) is 6.26. The molecule has 0 fully saturated rings. The number of hydrogen-bond acceptors (Lipinski definition) is 4. The van der Waals surface area contributed by atoms with E-state index >= 15 is 0 Å². The Bertz CT molecular complexity index is 714. The molecule has 0 radical (unpaired) electrons. The maximum absolute atomic E-state index is 4.25. The number of thiophene rings is 1. The second-order valence-electron chi connectivity index (χ2n) is 5.61. The minimum Gasteiger partial charge on any atom is -0.309 e. The Balaban J connectivity index is 2.06. The van der Waals surface area contributed by atoms with Crippen LogP contribution in [0.5, 0.6) is 0 Å². The summed E-state index contributed by atoms with van der Waals surface area (Å²) in [6.45, 7) is 3.40. The van der Waals surface area contributed by atoms with E-state index in [9.17, 15) is 0 Å². The molecule has 1 atom stereocenters. The second-order valence-corrected chi connectivity index (χ2v) is 7.67. The molecular formula is C17H20N2S2. The quantitative estimate of drug-likeness (QED) is 0.683. The van der Waals surface area contributed by atoms with Gasteiger partial charge in [-0.25, -0.2) is 0 Å². The molecular weight excluding hydrogens is 296 g/mol. The number of hydrogen-bond donors (Lipinski definition) is 0. The Morgan fingerprint density at radius 2 is 2.05 bits per heavy atom. The lowest BCUT2D eigenvalue weighted by Crippen LogP contribution is -2.15. The fourth-order valence-electron chi connectivity index (χ4n) is 2.68. The lowest BCUT2D eigenvalue weighted by Gasteiger charge is -2.14. The van der Waals surface area contributed by atoms with Gasteiger partial charge in [0.15, 0.2) is 0 Å². The van der Waals surface area contributed by atoms with Gasteiger partial charge in [0.1, 0.15) is 0 Å². The average Bonchev–Trinajstić information content (AvgIpc) is 3.11. The first-order valence-electron chi connectivity index (χ1n) is 7.20. The molecule has 1 aromatic carbocycles. The topological polar surface area (TPSA) is 16.1 Å². The van der Waals surface area contributed by atoms with Gasteiger partial charge in [0.05, 0.1) is 5.51 Å². The van der Waals surface area contributed by atoms with Crippen molar-refractivity contribution in [3.05, 3.63) is 51.3 Å². The highest BCUT2D eigenvalue weighted by Gasteiger charge is 2.20. The van der Waals surface area contributed by atoms with E-state index in [4.69, 9.17) is 0 Å². The standard InChI is InChI=1S/C17H20N2S2/c1-12(16-10-18-11-20-16)17-13-6-4-5-7-14(13)21-15(17)8-9-19(2)3/h4-7,10-12H,8-9H2,1-3H3/t12-/m1/s1. The highest BCUT2D eigenvalue weighted by atomic mass is 32.1. The van der Waals surface area contributed by atoms with Gasteiger partial charge in [0.25, 0.3) is 0 Å². The summed E-state index contributed by atoms with van der Waals surface area (Å²) in [5.74, 6) is 0.422. The summed E-state index contributed by atoms with van der Waals surface area (Å²) in [6.07, 6.45) is 3.13. The summed E-state index contributed by atoms with van der Waals surface area (Å²) in [7, 11) is 4.28. The van der Waals surface area contributed by atoms with Crippen LogP contribution in [0.3, 0.4) is 0 Å². The zero-order valence-electron chi connectivity index (χ0n) is 12.7. The van der Waals surface area contributed by atoms with E-state index in [1.54, 1.807) is 11.3 Å². The fourth-order valence-corrected chi connectivity index (χ4v) is 4.66. The fraction of sp³-hybridized carbons (Fsp3) is 0.353. The Labute approximate surface area is 134 Å². The van der Waals surface area contributed by atoms with Crippen molar-refractivity contribution >= 4 is 32.8 Å². The van der Waals surface area contributed by atoms with Crippen molar-refractivity contribution in [2.45, 2.75) is 19.3 Å². The van der Waals surface area contributed by atoms with Crippen LogP contribution < -0.4 is 0 Å². The van der Waals surface area contributed by atoms with E-state index < -0.39 is 0 Å². The first-order valence-corrected chi connectivity index (χ1v) is 8.90. The Hall–Kier alpha value is -1.23. The van der Waals surface area contributed by atoms with Gasteiger partial charge in [0, 0.05) is 33.1 Å². The molecule has 0 aliphatic carbocycles. The van der Waals surface area contributed by atoms with E-state index in [0.717, 1.165) is 13.0 Å². The summed E-state index contributed by atoms with van der Waals surface area (Å²) in [5, 5.41) is 1.41. The summed E-state index contributed by atoms with van der Waals surface area (Å²) in [4.78, 5) is 9.38. The largest absolute Gasteiger partial charge is 0.309 e. The number of likely N-dealkylation sites (N-methyl/N-ethyl adjacent to an activating group) is 1. The summed E-state index contributed by atoms with van der Waals surface area (Å²) in [6, 6.07) is 8.78. The number of nitrogens with zero attached hydrogens (tertiary/aromatic N) is 2. The summed E-state index contributed by atoms with van der Waals surface area (Å²) < 4.78 is 1.40. The Kier molecular flexibility index (Phi) is 4.38. The highest BCUT2D eigenvalue weighted by Crippen LogP contribution is 2.40. The van der Waals surface area contributed by atoms with Crippen molar-refractivity contribution in [1.82, 2.24) is 9.88 Å². The normalized spacial score (nSPS) is 13.1. The number of thiazole rings is 1. The molecule has 0 saturated heterocycles. The van der Waals surface area contributed by atoms with Crippen LogP contribution in [0.15, 0.2) is 36.0 Å². The van der Waals surface area contributed by atoms with E-state index in [2.05, 4.69) is 55.2 Å². The number of aromatic nitrogens is 1. The van der Waals surface area contributed by atoms with Gasteiger partial charge in [-0.05, 0) is 37.5 Å². The molecule has 110 valence electrons. The minimum absolute atomic E-state index is 0.422. The third kappa shape index (κ3) is 3.03. The third-order valence-electron chi connectivity index (χ3n) is 3.81. The van der Waals surface area contributed by atoms with Crippen LogP contribution in [-0.4, -0.2) is 30.5 Å². The molecule has 3 rings (SSSR count). The van der Waals surface area contributed by atoms with Crippen molar-refractivity contribution in [1.29, 1.82) is 0 Å². The Morgan fingerprint density at radius 1 is 1.24 bits per heavy atom. The number of fused-ring (bicyclic) bond motifs is 1. The molecule has 4 heteroatoms. The van der Waals surface area contributed by atoms with Crippen LogP contribution in [0.25, 0.3) is 10.1 Å². The highest BCUT2D eigenvalue weighted by molar-refractivity contribution is 7.19. The average molecular weight is 316 g/mol. The predicted molar refractivity (Wildman–Crippen MR) is 93.7 cm³/mol. The molecule has 0 aliphatic heterocycles. The Morgan fingerprint density at radius 3 is 2.76 bits per heavy atom. The van der Waals surface area contributed by atoms with Crippen molar-refractivity contribution in [3.63, 3.8) is 0 Å². The number of rotatable bonds is 5. The first-order chi connectivity index (χ1) is 10.2. The van der Waals surface area contributed by atoms with E-state index in [-0.39, 0.29) is 0 Å². The molecule has 0 N–H and O–H groups in total. The molecule has 3 aromatic rings. The van der Waals surface area contributed by atoms with Gasteiger partial charge in [-0.15, -0.1) is 22.7 Å². The van der Waals surface area contributed by atoms with Crippen molar-refractivity contribution in [2.75, 3.05) is 20.6 Å². The van der Waals surface area contributed by atoms with Crippen LogP contribution in [0.2, 0.25) is 0 Å². The molecule has 0 unspecified atom stereocenters. The maximum atomic E-state index is 4.25. The molecule has 0 saturated carbocycles. The molecule has 2 heterocycles. The minimum atomic E-state index is 0.422. The molecule has 0 aliphatic rings. The third-order valence-corrected chi connectivity index (χ3v) is 6.01. The predicted octanol–water partition coefficient (Wildman–Crippen LogP) is 4.61. The zero-order chi connectivity index (χ0) is 14.8. The van der Waals surface area contributed by atoms with Crippen molar-refractivity contribution in [2.24, 2.45) is 0 Å². The summed E-state index contributed by atoms with van der Waals surface area (Å²) >= 11 is 3.70. The number of benzene rings is 1. The van der Waals surface area contributed by atoms with Crippen molar-refractivity contribution < 1.29 is 0 Å². The van der Waals surface area contributed by atoms with Gasteiger partial charge >= 0.3 is 0 Å². The van der Waals surface area contributed by atoms with Gasteiger partial charge in [-0.3, -0.25) is 4.98 Å². The van der Waals surface area contributed by atoms with Gasteiger partial charge in [-0.1, -0.05) is 25.1 Å². The molecule has 2 nitrogen and oxygen atoms in total. The van der Waals surface area contributed by atoms with Gasteiger partial charge in [0.2, 0.25) is 0 Å². The monoisotopic (exact) mass is 316 g/mol. The molecule has 0 bridgehead atoms. The molecule has 0 amide bonds. The lowest BCUT2D eigenvalue weighted by atomic mass is 9.95. The van der Waals surface area contributed by atoms with Gasteiger partial charge < -0.3 is 4.90 Å². The van der Waals surface area contributed by atoms with Gasteiger partial charge in [-0.2, -0.15) is 0 Å². The van der Waals surface area contributed by atoms with Crippen LogP contribution in [0.1, 0.15) is 28.2 Å². The smallest absolute Gasteiger partial charge is 0.0794 e. The molecule has 0 spiro atoms. The maximum Gasteiger partial charge on any atom is 0.0794 e. The van der Waals surface area contributed by atoms with Crippen LogP contribution in [-0.2, 0) is 6.42 Å².